The number of likely N-dealkylation sites (tertiary alicyclic amines) is 2. The summed E-state index contributed by atoms with van der Waals surface area (Å²) in [6, 6.07) is 10.2. The SMILES string of the molecule is CCc1cc(NC(=O)C(=O)N2CCCC(C)C2)cnc1N.CN1CCC(Cc2nc3ccccc3s2)CC1. The van der Waals surface area contributed by atoms with Crippen LogP contribution in [0.5, 0.6) is 0 Å². The fourth-order valence-corrected chi connectivity index (χ4v) is 6.18. The molecular weight excluding hydrogens is 496 g/mol. The molecule has 2 amide bonds. The largest absolute Gasteiger partial charge is 0.383 e. The first kappa shape index (κ1) is 28.0. The van der Waals surface area contributed by atoms with Gasteiger partial charge < -0.3 is 20.9 Å². The van der Waals surface area contributed by atoms with Crippen LogP contribution in [0.25, 0.3) is 10.2 Å². The van der Waals surface area contributed by atoms with E-state index in [1.807, 2.05) is 18.3 Å². The number of pyridine rings is 1. The van der Waals surface area contributed by atoms with E-state index in [4.69, 9.17) is 10.7 Å². The van der Waals surface area contributed by atoms with E-state index in [0.29, 0.717) is 30.5 Å². The Morgan fingerprint density at radius 2 is 1.92 bits per heavy atom. The van der Waals surface area contributed by atoms with Crippen LogP contribution in [0.2, 0.25) is 0 Å². The van der Waals surface area contributed by atoms with Gasteiger partial charge in [-0.25, -0.2) is 9.97 Å². The number of nitrogens with one attached hydrogen (secondary N) is 1. The molecule has 8 nitrogen and oxygen atoms in total. The summed E-state index contributed by atoms with van der Waals surface area (Å²) < 4.78 is 1.33. The number of hydrogen-bond donors (Lipinski definition) is 2. The number of fused-ring (bicyclic) bond motifs is 1. The van der Waals surface area contributed by atoms with Crippen molar-refractivity contribution in [3.8, 4) is 0 Å². The van der Waals surface area contributed by atoms with E-state index < -0.39 is 11.8 Å². The maximum Gasteiger partial charge on any atom is 0.313 e. The number of carbonyl (C=O) groups is 2. The fraction of sp³-hybridized carbons (Fsp3) is 0.517. The molecule has 204 valence electrons. The summed E-state index contributed by atoms with van der Waals surface area (Å²) in [4.78, 5) is 37.0. The zero-order valence-corrected chi connectivity index (χ0v) is 23.6. The van der Waals surface area contributed by atoms with Gasteiger partial charge in [0, 0.05) is 19.5 Å². The van der Waals surface area contributed by atoms with E-state index in [9.17, 15) is 9.59 Å². The van der Waals surface area contributed by atoms with Gasteiger partial charge in [-0.3, -0.25) is 9.59 Å². The van der Waals surface area contributed by atoms with Crippen molar-refractivity contribution in [2.24, 2.45) is 11.8 Å². The van der Waals surface area contributed by atoms with Crippen LogP contribution in [0.3, 0.4) is 0 Å². The Kier molecular flexibility index (Phi) is 9.69. The topological polar surface area (TPSA) is 104 Å². The molecule has 1 unspecified atom stereocenters. The molecule has 2 aliphatic heterocycles. The monoisotopic (exact) mass is 536 g/mol. The van der Waals surface area contributed by atoms with E-state index in [0.717, 1.165) is 30.7 Å². The molecule has 1 atom stereocenters. The number of nitrogens with two attached hydrogens (primary N) is 1. The van der Waals surface area contributed by atoms with Gasteiger partial charge in [0.05, 0.1) is 27.1 Å². The predicted octanol–water partition coefficient (Wildman–Crippen LogP) is 4.60. The molecule has 2 saturated heterocycles. The molecule has 38 heavy (non-hydrogen) atoms. The first-order chi connectivity index (χ1) is 18.3. The summed E-state index contributed by atoms with van der Waals surface area (Å²) in [5.74, 6) is 0.646. The second-order valence-electron chi connectivity index (χ2n) is 10.6. The number of aryl methyl sites for hydroxylation is 1. The summed E-state index contributed by atoms with van der Waals surface area (Å²) in [6.45, 7) is 7.84. The van der Waals surface area contributed by atoms with Gasteiger partial charge in [0.15, 0.2) is 0 Å². The van der Waals surface area contributed by atoms with Crippen LogP contribution in [-0.4, -0.2) is 64.8 Å². The molecule has 5 rings (SSSR count). The van der Waals surface area contributed by atoms with Crippen molar-refractivity contribution in [2.75, 3.05) is 44.3 Å². The number of hydrogen-bond acceptors (Lipinski definition) is 7. The van der Waals surface area contributed by atoms with Crippen molar-refractivity contribution in [3.05, 3.63) is 47.1 Å². The molecule has 9 heteroatoms. The molecular formula is C29H40N6O2S. The van der Waals surface area contributed by atoms with E-state index in [1.54, 1.807) is 11.0 Å². The number of nitrogen functional groups attached to an aromatic ring is 1. The highest BCUT2D eigenvalue weighted by Gasteiger charge is 2.26. The van der Waals surface area contributed by atoms with Crippen molar-refractivity contribution < 1.29 is 9.59 Å². The van der Waals surface area contributed by atoms with Crippen LogP contribution in [-0.2, 0) is 22.4 Å². The molecule has 2 fully saturated rings. The van der Waals surface area contributed by atoms with E-state index in [2.05, 4.69) is 53.4 Å². The van der Waals surface area contributed by atoms with Gasteiger partial charge in [-0.15, -0.1) is 11.3 Å². The Morgan fingerprint density at radius 3 is 2.63 bits per heavy atom. The van der Waals surface area contributed by atoms with Crippen LogP contribution < -0.4 is 11.1 Å². The average molecular weight is 537 g/mol. The van der Waals surface area contributed by atoms with Crippen LogP contribution in [0, 0.1) is 11.8 Å². The van der Waals surface area contributed by atoms with Crippen molar-refractivity contribution in [1.82, 2.24) is 19.8 Å². The second kappa shape index (κ2) is 13.2. The number of nitrogens with zero attached hydrogens (tertiary/aromatic N) is 4. The van der Waals surface area contributed by atoms with Crippen LogP contribution in [0.4, 0.5) is 11.5 Å². The zero-order chi connectivity index (χ0) is 27.1. The molecule has 0 radical (unpaired) electrons. The van der Waals surface area contributed by atoms with Gasteiger partial charge in [-0.1, -0.05) is 26.0 Å². The highest BCUT2D eigenvalue weighted by atomic mass is 32.1. The summed E-state index contributed by atoms with van der Waals surface area (Å²) >= 11 is 1.87. The zero-order valence-electron chi connectivity index (χ0n) is 22.8. The maximum absolute atomic E-state index is 12.1. The third kappa shape index (κ3) is 7.51. The predicted molar refractivity (Wildman–Crippen MR) is 155 cm³/mol. The lowest BCUT2D eigenvalue weighted by Gasteiger charge is -2.30. The molecule has 0 spiro atoms. The number of para-hydroxylation sites is 1. The molecule has 1 aromatic carbocycles. The number of amides is 2. The van der Waals surface area contributed by atoms with Crippen molar-refractivity contribution in [2.45, 2.75) is 52.4 Å². The first-order valence-corrected chi connectivity index (χ1v) is 14.5. The van der Waals surface area contributed by atoms with Gasteiger partial charge in [0.25, 0.3) is 0 Å². The molecule has 0 aliphatic carbocycles. The molecule has 0 saturated carbocycles. The van der Waals surface area contributed by atoms with Gasteiger partial charge in [-0.05, 0) is 87.8 Å². The van der Waals surface area contributed by atoms with Gasteiger partial charge in [-0.2, -0.15) is 0 Å². The number of thiazole rings is 1. The third-order valence-corrected chi connectivity index (χ3v) is 8.48. The van der Waals surface area contributed by atoms with Crippen LogP contribution in [0.15, 0.2) is 36.5 Å². The Labute approximate surface area is 229 Å². The lowest BCUT2D eigenvalue weighted by Crippen LogP contribution is -2.44. The maximum atomic E-state index is 12.1. The minimum atomic E-state index is -0.613. The Bertz CT molecular complexity index is 1200. The van der Waals surface area contributed by atoms with E-state index >= 15 is 0 Å². The smallest absolute Gasteiger partial charge is 0.313 e. The minimum absolute atomic E-state index is 0.445. The third-order valence-electron chi connectivity index (χ3n) is 7.42. The number of anilines is 2. The number of carbonyl (C=O) groups excluding carboxylic acids is 2. The molecule has 3 N–H and O–H groups in total. The second-order valence-corrected chi connectivity index (χ2v) is 11.7. The Morgan fingerprint density at radius 1 is 1.16 bits per heavy atom. The Hall–Kier alpha value is -3.04. The first-order valence-electron chi connectivity index (χ1n) is 13.7. The molecule has 2 aromatic heterocycles. The molecule has 0 bridgehead atoms. The van der Waals surface area contributed by atoms with E-state index in [1.165, 1.54) is 53.8 Å². The number of rotatable bonds is 4. The van der Waals surface area contributed by atoms with Crippen molar-refractivity contribution >= 4 is 44.9 Å². The van der Waals surface area contributed by atoms with Crippen LogP contribution >= 0.6 is 11.3 Å². The standard InChI is InChI=1S/C15H22N4O2.C14H18N2S/c1-3-11-7-12(8-17-13(11)16)18-14(20)15(21)19-6-4-5-10(2)9-19;1-16-8-6-11(7-9-16)10-14-15-12-4-2-3-5-13(12)17-14/h7-8,10H,3-6,9H2,1-2H3,(H2,16,17)(H,18,20);2-5,11H,6-10H2,1H3. The number of piperidine rings is 2. The lowest BCUT2D eigenvalue weighted by atomic mass is 9.94. The fourth-order valence-electron chi connectivity index (χ4n) is 5.09. The van der Waals surface area contributed by atoms with Crippen molar-refractivity contribution in [1.29, 1.82) is 0 Å². The number of benzene rings is 1. The molecule has 4 heterocycles. The van der Waals surface area contributed by atoms with Gasteiger partial charge in [0.1, 0.15) is 5.82 Å². The summed E-state index contributed by atoms with van der Waals surface area (Å²) in [5.41, 5.74) is 8.25. The van der Waals surface area contributed by atoms with Gasteiger partial charge >= 0.3 is 11.8 Å². The highest BCUT2D eigenvalue weighted by molar-refractivity contribution is 7.18. The molecule has 2 aliphatic rings. The summed E-state index contributed by atoms with van der Waals surface area (Å²) in [5, 5.41) is 3.93. The van der Waals surface area contributed by atoms with Crippen LogP contribution in [0.1, 0.15) is 50.1 Å². The van der Waals surface area contributed by atoms with E-state index in [-0.39, 0.29) is 0 Å². The van der Waals surface area contributed by atoms with Gasteiger partial charge in [0.2, 0.25) is 0 Å². The normalized spacial score (nSPS) is 18.6. The highest BCUT2D eigenvalue weighted by Crippen LogP contribution is 2.27. The average Bonchev–Trinajstić information content (AvgIpc) is 3.33. The van der Waals surface area contributed by atoms with Crippen molar-refractivity contribution in [3.63, 3.8) is 0 Å². The Balaban J connectivity index is 0.000000180. The summed E-state index contributed by atoms with van der Waals surface area (Å²) in [6.07, 6.45) is 8.07. The summed E-state index contributed by atoms with van der Waals surface area (Å²) in [7, 11) is 2.22. The quantitative estimate of drug-likeness (QED) is 0.472. The number of aromatic nitrogens is 2. The molecule has 3 aromatic rings. The lowest BCUT2D eigenvalue weighted by molar-refractivity contribution is -0.144. The minimum Gasteiger partial charge on any atom is -0.383 e.